The number of carbonyl (C=O) groups is 2. The van der Waals surface area contributed by atoms with Crippen LogP contribution in [-0.4, -0.2) is 32.8 Å². The van der Waals surface area contributed by atoms with Crippen LogP contribution in [0.4, 0.5) is 0 Å². The van der Waals surface area contributed by atoms with Gasteiger partial charge in [0, 0.05) is 12.7 Å². The van der Waals surface area contributed by atoms with Crippen molar-refractivity contribution in [2.24, 2.45) is 11.8 Å². The fraction of sp³-hybridized carbons (Fsp3) is 0.615. The van der Waals surface area contributed by atoms with Gasteiger partial charge in [-0.05, 0) is 11.8 Å². The third-order valence-electron chi connectivity index (χ3n) is 2.67. The number of carboxylic acids is 1. The van der Waals surface area contributed by atoms with Gasteiger partial charge in [0.05, 0.1) is 11.8 Å². The number of nitrogens with one attached hydrogen (secondary N) is 1. The van der Waals surface area contributed by atoms with Crippen molar-refractivity contribution in [1.82, 2.24) is 15.1 Å². The normalized spacial score (nSPS) is 12.7. The predicted octanol–water partition coefficient (Wildman–Crippen LogP) is 1.38. The maximum absolute atomic E-state index is 11.9. The van der Waals surface area contributed by atoms with Crippen LogP contribution in [0.25, 0.3) is 0 Å². The molecule has 106 valence electrons. The van der Waals surface area contributed by atoms with Gasteiger partial charge in [-0.1, -0.05) is 27.7 Å². The fourth-order valence-corrected chi connectivity index (χ4v) is 1.69. The maximum atomic E-state index is 11.9. The standard InChI is InChI=1S/C13H21N3O3/c1-8(2)6-16-7-10(5-14-16)12(17)15-11(9(3)4)13(18)19/h5,7-9,11H,6H2,1-4H3,(H,15,17)(H,18,19)/t11-/m1/s1. The Bertz CT molecular complexity index is 452. The van der Waals surface area contributed by atoms with Crippen LogP contribution in [0.5, 0.6) is 0 Å². The Kier molecular flexibility index (Phi) is 5.09. The lowest BCUT2D eigenvalue weighted by Gasteiger charge is -2.17. The third kappa shape index (κ3) is 4.39. The summed E-state index contributed by atoms with van der Waals surface area (Å²) in [7, 11) is 0. The van der Waals surface area contributed by atoms with Crippen molar-refractivity contribution >= 4 is 11.9 Å². The Morgan fingerprint density at radius 1 is 1.37 bits per heavy atom. The van der Waals surface area contributed by atoms with Gasteiger partial charge in [-0.15, -0.1) is 0 Å². The van der Waals surface area contributed by atoms with E-state index in [1.165, 1.54) is 6.20 Å². The summed E-state index contributed by atoms with van der Waals surface area (Å²) in [5, 5.41) is 15.6. The molecule has 6 nitrogen and oxygen atoms in total. The van der Waals surface area contributed by atoms with Gasteiger partial charge in [-0.25, -0.2) is 4.79 Å². The minimum absolute atomic E-state index is 0.174. The molecule has 0 bridgehead atoms. The predicted molar refractivity (Wildman–Crippen MR) is 70.8 cm³/mol. The molecular weight excluding hydrogens is 246 g/mol. The molecule has 0 aromatic carbocycles. The summed E-state index contributed by atoms with van der Waals surface area (Å²) in [5.41, 5.74) is 0.382. The van der Waals surface area contributed by atoms with Crippen molar-refractivity contribution in [2.45, 2.75) is 40.3 Å². The molecule has 0 aliphatic carbocycles. The van der Waals surface area contributed by atoms with E-state index in [2.05, 4.69) is 24.3 Å². The highest BCUT2D eigenvalue weighted by Gasteiger charge is 2.24. The van der Waals surface area contributed by atoms with Gasteiger partial charge in [0.2, 0.25) is 0 Å². The van der Waals surface area contributed by atoms with Crippen molar-refractivity contribution in [3.05, 3.63) is 18.0 Å². The molecular formula is C13H21N3O3. The van der Waals surface area contributed by atoms with E-state index in [1.807, 2.05) is 0 Å². The molecule has 6 heteroatoms. The van der Waals surface area contributed by atoms with Crippen LogP contribution >= 0.6 is 0 Å². The molecule has 0 saturated carbocycles. The van der Waals surface area contributed by atoms with Crippen LogP contribution in [0.1, 0.15) is 38.1 Å². The number of hydrogen-bond acceptors (Lipinski definition) is 3. The summed E-state index contributed by atoms with van der Waals surface area (Å²) >= 11 is 0. The highest BCUT2D eigenvalue weighted by Crippen LogP contribution is 2.06. The number of aliphatic carboxylic acids is 1. The first kappa shape index (κ1) is 15.2. The van der Waals surface area contributed by atoms with E-state index in [9.17, 15) is 9.59 Å². The minimum Gasteiger partial charge on any atom is -0.480 e. The Morgan fingerprint density at radius 3 is 2.47 bits per heavy atom. The highest BCUT2D eigenvalue weighted by atomic mass is 16.4. The van der Waals surface area contributed by atoms with E-state index >= 15 is 0 Å². The van der Waals surface area contributed by atoms with Crippen molar-refractivity contribution < 1.29 is 14.7 Å². The van der Waals surface area contributed by atoms with Crippen molar-refractivity contribution in [2.75, 3.05) is 0 Å². The van der Waals surface area contributed by atoms with E-state index in [0.717, 1.165) is 6.54 Å². The summed E-state index contributed by atoms with van der Waals surface area (Å²) in [6.45, 7) is 8.34. The van der Waals surface area contributed by atoms with E-state index < -0.39 is 17.9 Å². The van der Waals surface area contributed by atoms with E-state index in [0.29, 0.717) is 11.5 Å². The van der Waals surface area contributed by atoms with Crippen molar-refractivity contribution in [3.63, 3.8) is 0 Å². The number of hydrogen-bond donors (Lipinski definition) is 2. The van der Waals surface area contributed by atoms with E-state index in [1.54, 1.807) is 24.7 Å². The molecule has 1 amide bonds. The van der Waals surface area contributed by atoms with Crippen LogP contribution in [-0.2, 0) is 11.3 Å². The molecule has 0 spiro atoms. The molecule has 0 fully saturated rings. The average Bonchev–Trinajstić information content (AvgIpc) is 2.72. The number of aromatic nitrogens is 2. The number of amides is 1. The second kappa shape index (κ2) is 6.36. The van der Waals surface area contributed by atoms with E-state index in [4.69, 9.17) is 5.11 Å². The lowest BCUT2D eigenvalue weighted by Crippen LogP contribution is -2.44. The molecule has 0 radical (unpaired) electrons. The van der Waals surface area contributed by atoms with Crippen molar-refractivity contribution in [3.8, 4) is 0 Å². The van der Waals surface area contributed by atoms with Gasteiger partial charge in [0.15, 0.2) is 0 Å². The zero-order valence-electron chi connectivity index (χ0n) is 11.8. The first-order chi connectivity index (χ1) is 8.81. The van der Waals surface area contributed by atoms with Crippen LogP contribution in [0.2, 0.25) is 0 Å². The first-order valence-electron chi connectivity index (χ1n) is 6.37. The molecule has 2 N–H and O–H groups in total. The molecule has 1 aromatic rings. The zero-order chi connectivity index (χ0) is 14.6. The highest BCUT2D eigenvalue weighted by molar-refractivity contribution is 5.96. The lowest BCUT2D eigenvalue weighted by atomic mass is 10.0. The van der Waals surface area contributed by atoms with Gasteiger partial charge in [0.1, 0.15) is 6.04 Å². The summed E-state index contributed by atoms with van der Waals surface area (Å²) in [6.07, 6.45) is 3.09. The molecule has 0 aliphatic heterocycles. The number of rotatable bonds is 6. The monoisotopic (exact) mass is 267 g/mol. The van der Waals surface area contributed by atoms with Gasteiger partial charge < -0.3 is 10.4 Å². The summed E-state index contributed by atoms with van der Waals surface area (Å²) in [4.78, 5) is 23.0. The largest absolute Gasteiger partial charge is 0.480 e. The Hall–Kier alpha value is -1.85. The van der Waals surface area contributed by atoms with Crippen LogP contribution in [0.3, 0.4) is 0 Å². The molecule has 1 atom stereocenters. The second-order valence-electron chi connectivity index (χ2n) is 5.38. The third-order valence-corrected chi connectivity index (χ3v) is 2.67. The van der Waals surface area contributed by atoms with Crippen molar-refractivity contribution in [1.29, 1.82) is 0 Å². The topological polar surface area (TPSA) is 84.2 Å². The van der Waals surface area contributed by atoms with Gasteiger partial charge in [-0.3, -0.25) is 9.48 Å². The second-order valence-corrected chi connectivity index (χ2v) is 5.38. The van der Waals surface area contributed by atoms with Gasteiger partial charge >= 0.3 is 5.97 Å². The van der Waals surface area contributed by atoms with Gasteiger partial charge in [0.25, 0.3) is 5.91 Å². The smallest absolute Gasteiger partial charge is 0.326 e. The molecule has 19 heavy (non-hydrogen) atoms. The quantitative estimate of drug-likeness (QED) is 0.815. The average molecular weight is 267 g/mol. The molecule has 0 aliphatic rings. The number of carboxylic acid groups (broad SMARTS) is 1. The van der Waals surface area contributed by atoms with Crippen LogP contribution in [0.15, 0.2) is 12.4 Å². The molecule has 1 rings (SSSR count). The summed E-state index contributed by atoms with van der Waals surface area (Å²) in [5.74, 6) is -1.18. The Balaban J connectivity index is 2.72. The molecule has 1 heterocycles. The number of carbonyl (C=O) groups excluding carboxylic acids is 1. The molecule has 0 saturated heterocycles. The first-order valence-corrected chi connectivity index (χ1v) is 6.37. The van der Waals surface area contributed by atoms with E-state index in [-0.39, 0.29) is 5.92 Å². The maximum Gasteiger partial charge on any atom is 0.326 e. The SMILES string of the molecule is CC(C)Cn1cc(C(=O)N[C@@H](C(=O)O)C(C)C)cn1. The molecule has 1 aromatic heterocycles. The Morgan fingerprint density at radius 2 is 2.00 bits per heavy atom. The Labute approximate surface area is 112 Å². The fourth-order valence-electron chi connectivity index (χ4n) is 1.69. The summed E-state index contributed by atoms with van der Waals surface area (Å²) < 4.78 is 1.69. The minimum atomic E-state index is -1.03. The van der Waals surface area contributed by atoms with Crippen LogP contribution in [0, 0.1) is 11.8 Å². The van der Waals surface area contributed by atoms with Crippen LogP contribution < -0.4 is 5.32 Å². The zero-order valence-corrected chi connectivity index (χ0v) is 11.8. The molecule has 0 unspecified atom stereocenters. The van der Waals surface area contributed by atoms with Gasteiger partial charge in [-0.2, -0.15) is 5.10 Å². The lowest BCUT2D eigenvalue weighted by molar-refractivity contribution is -0.140. The number of nitrogens with zero attached hydrogens (tertiary/aromatic N) is 2. The summed E-state index contributed by atoms with van der Waals surface area (Å²) in [6, 6.07) is -0.888.